The third-order valence-corrected chi connectivity index (χ3v) is 3.07. The summed E-state index contributed by atoms with van der Waals surface area (Å²) in [7, 11) is 1.47. The average molecular weight is 260 g/mol. The average Bonchev–Trinajstić information content (AvgIpc) is 2.34. The van der Waals surface area contributed by atoms with E-state index < -0.39 is 0 Å². The maximum Gasteiger partial charge on any atom is 0.140 e. The van der Waals surface area contributed by atoms with Gasteiger partial charge in [-0.15, -0.1) is 0 Å². The summed E-state index contributed by atoms with van der Waals surface area (Å²) >= 11 is 5.97. The van der Waals surface area contributed by atoms with Gasteiger partial charge in [-0.1, -0.05) is 11.6 Å². The second-order valence-corrected chi connectivity index (χ2v) is 4.39. The van der Waals surface area contributed by atoms with Gasteiger partial charge in [-0.3, -0.25) is 0 Å². The molecule has 2 rings (SSSR count). The number of benzene rings is 1. The summed E-state index contributed by atoms with van der Waals surface area (Å²) < 4.78 is 24.2. The molecular weight excluding hydrogens is 245 g/mol. The number of morpholine rings is 1. The van der Waals surface area contributed by atoms with Crippen LogP contribution in [0.3, 0.4) is 0 Å². The molecule has 1 unspecified atom stereocenters. The summed E-state index contributed by atoms with van der Waals surface area (Å²) in [4.78, 5) is 0. The van der Waals surface area contributed by atoms with Gasteiger partial charge in [0.1, 0.15) is 11.6 Å². The first-order chi connectivity index (χ1) is 8.20. The van der Waals surface area contributed by atoms with Gasteiger partial charge in [-0.05, 0) is 11.6 Å². The number of rotatable bonds is 3. The lowest BCUT2D eigenvalue weighted by Crippen LogP contribution is -2.39. The minimum absolute atomic E-state index is 0.00251. The van der Waals surface area contributed by atoms with Crippen LogP contribution >= 0.6 is 11.6 Å². The Morgan fingerprint density at radius 1 is 1.59 bits per heavy atom. The zero-order valence-electron chi connectivity index (χ0n) is 9.63. The molecule has 0 aliphatic carbocycles. The monoisotopic (exact) mass is 259 g/mol. The molecule has 0 radical (unpaired) electrons. The maximum atomic E-state index is 13.8. The molecule has 3 nitrogen and oxygen atoms in total. The Kier molecular flexibility index (Phi) is 4.20. The van der Waals surface area contributed by atoms with Gasteiger partial charge in [0.15, 0.2) is 0 Å². The largest absolute Gasteiger partial charge is 0.495 e. The Morgan fingerprint density at radius 2 is 2.41 bits per heavy atom. The predicted octanol–water partition coefficient (Wildman–Crippen LogP) is 2.02. The van der Waals surface area contributed by atoms with E-state index in [4.69, 9.17) is 21.1 Å². The lowest BCUT2D eigenvalue weighted by Gasteiger charge is -2.24. The van der Waals surface area contributed by atoms with E-state index in [9.17, 15) is 4.39 Å². The van der Waals surface area contributed by atoms with Crippen LogP contribution in [0, 0.1) is 5.82 Å². The molecule has 1 aromatic carbocycles. The number of hydrogen-bond acceptors (Lipinski definition) is 3. The molecule has 94 valence electrons. The van der Waals surface area contributed by atoms with Crippen LogP contribution in [0.1, 0.15) is 5.56 Å². The molecule has 1 heterocycles. The Labute approximate surface area is 105 Å². The molecule has 1 aromatic rings. The lowest BCUT2D eigenvalue weighted by molar-refractivity contribution is 0.0287. The normalized spacial score (nSPS) is 20.3. The molecule has 17 heavy (non-hydrogen) atoms. The van der Waals surface area contributed by atoms with E-state index in [-0.39, 0.29) is 11.9 Å². The fourth-order valence-corrected chi connectivity index (χ4v) is 2.14. The zero-order chi connectivity index (χ0) is 12.3. The molecule has 1 aliphatic heterocycles. The van der Waals surface area contributed by atoms with E-state index in [1.807, 2.05) is 0 Å². The van der Waals surface area contributed by atoms with Gasteiger partial charge in [-0.25, -0.2) is 4.39 Å². The molecular formula is C12H15ClFNO2. The van der Waals surface area contributed by atoms with Crippen LogP contribution in [0.2, 0.25) is 5.02 Å². The minimum atomic E-state index is -0.305. The van der Waals surface area contributed by atoms with E-state index >= 15 is 0 Å². The topological polar surface area (TPSA) is 30.5 Å². The fourth-order valence-electron chi connectivity index (χ4n) is 1.88. The number of halogens is 2. The third-order valence-electron chi connectivity index (χ3n) is 2.77. The number of ether oxygens (including phenoxy) is 2. The van der Waals surface area contributed by atoms with Gasteiger partial charge >= 0.3 is 0 Å². The smallest absolute Gasteiger partial charge is 0.140 e. The van der Waals surface area contributed by atoms with E-state index in [2.05, 4.69) is 5.32 Å². The van der Waals surface area contributed by atoms with Crippen molar-refractivity contribution in [2.75, 3.05) is 26.8 Å². The highest BCUT2D eigenvalue weighted by Crippen LogP contribution is 2.28. The zero-order valence-corrected chi connectivity index (χ0v) is 10.4. The summed E-state index contributed by atoms with van der Waals surface area (Å²) in [5, 5.41) is 3.63. The summed E-state index contributed by atoms with van der Waals surface area (Å²) in [5.74, 6) is 0.0519. The highest BCUT2D eigenvalue weighted by molar-refractivity contribution is 6.32. The van der Waals surface area contributed by atoms with Crippen molar-refractivity contribution in [3.63, 3.8) is 0 Å². The van der Waals surface area contributed by atoms with E-state index in [1.165, 1.54) is 13.2 Å². The van der Waals surface area contributed by atoms with Crippen molar-refractivity contribution >= 4 is 11.6 Å². The summed E-state index contributed by atoms with van der Waals surface area (Å²) in [6.45, 7) is 2.25. The first-order valence-corrected chi connectivity index (χ1v) is 5.92. The van der Waals surface area contributed by atoms with E-state index in [0.29, 0.717) is 29.4 Å². The van der Waals surface area contributed by atoms with Crippen molar-refractivity contribution in [3.8, 4) is 5.75 Å². The second kappa shape index (κ2) is 5.67. The van der Waals surface area contributed by atoms with Crippen LogP contribution < -0.4 is 10.1 Å². The van der Waals surface area contributed by atoms with Crippen molar-refractivity contribution in [1.29, 1.82) is 0 Å². The SMILES string of the molecule is COc1cc(F)c(CC2CNCCO2)cc1Cl. The van der Waals surface area contributed by atoms with Gasteiger partial charge in [0, 0.05) is 25.6 Å². The first kappa shape index (κ1) is 12.6. The molecule has 0 amide bonds. The van der Waals surface area contributed by atoms with Gasteiger partial charge in [0.25, 0.3) is 0 Å². The number of hydrogen-bond donors (Lipinski definition) is 1. The molecule has 5 heteroatoms. The molecule has 1 N–H and O–H groups in total. The fraction of sp³-hybridized carbons (Fsp3) is 0.500. The summed E-state index contributed by atoms with van der Waals surface area (Å²) in [6.07, 6.45) is 0.519. The molecule has 1 atom stereocenters. The Morgan fingerprint density at radius 3 is 3.06 bits per heavy atom. The van der Waals surface area contributed by atoms with Crippen molar-refractivity contribution in [2.24, 2.45) is 0 Å². The Hall–Kier alpha value is -0.840. The van der Waals surface area contributed by atoms with Crippen LogP contribution in [-0.2, 0) is 11.2 Å². The summed E-state index contributed by atoms with van der Waals surface area (Å²) in [5.41, 5.74) is 0.560. The molecule has 0 saturated carbocycles. The van der Waals surface area contributed by atoms with Gasteiger partial charge < -0.3 is 14.8 Å². The van der Waals surface area contributed by atoms with Crippen molar-refractivity contribution < 1.29 is 13.9 Å². The highest BCUT2D eigenvalue weighted by Gasteiger charge is 2.17. The lowest BCUT2D eigenvalue weighted by atomic mass is 10.1. The Balaban J connectivity index is 2.12. The van der Waals surface area contributed by atoms with Gasteiger partial charge in [0.2, 0.25) is 0 Å². The van der Waals surface area contributed by atoms with Crippen molar-refractivity contribution in [3.05, 3.63) is 28.5 Å². The molecule has 0 aromatic heterocycles. The van der Waals surface area contributed by atoms with Crippen molar-refractivity contribution in [1.82, 2.24) is 5.32 Å². The van der Waals surface area contributed by atoms with Crippen LogP contribution in [0.25, 0.3) is 0 Å². The van der Waals surface area contributed by atoms with Crippen LogP contribution in [-0.4, -0.2) is 32.9 Å². The first-order valence-electron chi connectivity index (χ1n) is 5.55. The van der Waals surface area contributed by atoms with Gasteiger partial charge in [-0.2, -0.15) is 0 Å². The molecule has 1 fully saturated rings. The third kappa shape index (κ3) is 3.09. The minimum Gasteiger partial charge on any atom is -0.495 e. The van der Waals surface area contributed by atoms with Gasteiger partial charge in [0.05, 0.1) is 24.8 Å². The Bertz CT molecular complexity index is 394. The molecule has 1 aliphatic rings. The second-order valence-electron chi connectivity index (χ2n) is 3.98. The molecule has 0 bridgehead atoms. The highest BCUT2D eigenvalue weighted by atomic mass is 35.5. The van der Waals surface area contributed by atoms with Crippen LogP contribution in [0.5, 0.6) is 5.75 Å². The van der Waals surface area contributed by atoms with Crippen LogP contribution in [0.4, 0.5) is 4.39 Å². The molecule has 0 spiro atoms. The number of methoxy groups -OCH3 is 1. The van der Waals surface area contributed by atoms with Crippen LogP contribution in [0.15, 0.2) is 12.1 Å². The predicted molar refractivity (Wildman–Crippen MR) is 64.3 cm³/mol. The van der Waals surface area contributed by atoms with E-state index in [1.54, 1.807) is 6.07 Å². The maximum absolute atomic E-state index is 13.8. The number of nitrogens with one attached hydrogen (secondary N) is 1. The standard InChI is InChI=1S/C12H15ClFNO2/c1-16-12-6-11(14)8(5-10(12)13)4-9-7-15-2-3-17-9/h5-6,9,15H,2-4,7H2,1H3. The van der Waals surface area contributed by atoms with E-state index in [0.717, 1.165) is 13.1 Å². The summed E-state index contributed by atoms with van der Waals surface area (Å²) in [6, 6.07) is 2.92. The molecule has 1 saturated heterocycles. The quantitative estimate of drug-likeness (QED) is 0.901. The van der Waals surface area contributed by atoms with Crippen molar-refractivity contribution in [2.45, 2.75) is 12.5 Å².